The van der Waals surface area contributed by atoms with E-state index in [9.17, 15) is 19.6 Å². The monoisotopic (exact) mass is 470 g/mol. The molecule has 0 fully saturated rings. The lowest BCUT2D eigenvalue weighted by Gasteiger charge is -2.31. The first kappa shape index (κ1) is 23.4. The molecule has 0 aromatic heterocycles. The highest BCUT2D eigenvalue weighted by molar-refractivity contribution is 8.02. The number of amides is 1. The van der Waals surface area contributed by atoms with Crippen LogP contribution in [0.1, 0.15) is 27.4 Å². The number of hydrogen-bond donors (Lipinski definition) is 1. The van der Waals surface area contributed by atoms with Crippen molar-refractivity contribution >= 4 is 41.2 Å². The maximum atomic E-state index is 12.9. The number of nitrogens with one attached hydrogen (secondary N) is 1. The van der Waals surface area contributed by atoms with Crippen LogP contribution in [0.5, 0.6) is 0 Å². The molecule has 0 spiro atoms. The Labute approximate surface area is 194 Å². The van der Waals surface area contributed by atoms with E-state index in [1.165, 1.54) is 38.1 Å². The van der Waals surface area contributed by atoms with Crippen LogP contribution in [-0.4, -0.2) is 32.1 Å². The molecule has 0 aliphatic carbocycles. The second kappa shape index (κ2) is 10.4. The van der Waals surface area contributed by atoms with E-state index in [2.05, 4.69) is 11.4 Å². The molecule has 7 nitrogen and oxygen atoms in total. The molecular weight excluding hydrogens is 452 g/mol. The third-order valence-electron chi connectivity index (χ3n) is 4.97. The molecule has 2 aromatic rings. The molecule has 32 heavy (non-hydrogen) atoms. The number of methoxy groups -OCH3 is 2. The van der Waals surface area contributed by atoms with E-state index in [0.717, 1.165) is 5.56 Å². The van der Waals surface area contributed by atoms with Crippen molar-refractivity contribution in [1.29, 1.82) is 5.26 Å². The Balaban J connectivity index is 2.01. The molecule has 3 rings (SSSR count). The summed E-state index contributed by atoms with van der Waals surface area (Å²) < 4.78 is 9.54. The topological polar surface area (TPSA) is 105 Å². The molecule has 2 atom stereocenters. The van der Waals surface area contributed by atoms with Gasteiger partial charge in [0, 0.05) is 16.7 Å². The average Bonchev–Trinajstić information content (AvgIpc) is 2.82. The van der Waals surface area contributed by atoms with Crippen molar-refractivity contribution in [3.63, 3.8) is 0 Å². The third kappa shape index (κ3) is 4.96. The van der Waals surface area contributed by atoms with Gasteiger partial charge in [0.15, 0.2) is 0 Å². The Morgan fingerprint density at radius 3 is 2.31 bits per heavy atom. The highest BCUT2D eigenvalue weighted by Crippen LogP contribution is 2.40. The zero-order valence-corrected chi connectivity index (χ0v) is 18.8. The number of halogens is 1. The molecule has 1 aliphatic heterocycles. The molecule has 0 saturated carbocycles. The van der Waals surface area contributed by atoms with Gasteiger partial charge in [0.25, 0.3) is 0 Å². The van der Waals surface area contributed by atoms with Crippen LogP contribution in [0.2, 0.25) is 5.02 Å². The lowest BCUT2D eigenvalue weighted by Crippen LogP contribution is -2.44. The van der Waals surface area contributed by atoms with E-state index in [1.807, 2.05) is 12.1 Å². The summed E-state index contributed by atoms with van der Waals surface area (Å²) in [6.07, 6.45) is 0. The highest BCUT2D eigenvalue weighted by Gasteiger charge is 2.44. The van der Waals surface area contributed by atoms with Gasteiger partial charge in [-0.15, -0.1) is 11.8 Å². The Morgan fingerprint density at radius 1 is 1.09 bits per heavy atom. The zero-order chi connectivity index (χ0) is 23.3. The van der Waals surface area contributed by atoms with E-state index in [-0.39, 0.29) is 5.57 Å². The highest BCUT2D eigenvalue weighted by atomic mass is 35.5. The van der Waals surface area contributed by atoms with Gasteiger partial charge in [-0.1, -0.05) is 35.9 Å². The van der Waals surface area contributed by atoms with E-state index in [1.54, 1.807) is 24.3 Å². The number of benzene rings is 2. The minimum Gasteiger partial charge on any atom is -0.468 e. The van der Waals surface area contributed by atoms with Crippen LogP contribution >= 0.6 is 23.4 Å². The second-order valence-electron chi connectivity index (χ2n) is 6.85. The Hall–Kier alpha value is -3.28. The minimum atomic E-state index is -1.24. The van der Waals surface area contributed by atoms with Gasteiger partial charge in [-0.05, 0) is 35.4 Å². The minimum absolute atomic E-state index is 0.241. The second-order valence-corrected chi connectivity index (χ2v) is 8.27. The molecule has 0 unspecified atom stereocenters. The number of esters is 2. The fourth-order valence-corrected chi connectivity index (χ4v) is 4.49. The fourth-order valence-electron chi connectivity index (χ4n) is 3.36. The molecule has 9 heteroatoms. The molecule has 0 radical (unpaired) electrons. The number of hydrogen-bond acceptors (Lipinski definition) is 7. The Morgan fingerprint density at radius 2 is 1.75 bits per heavy atom. The lowest BCUT2D eigenvalue weighted by atomic mass is 9.78. The van der Waals surface area contributed by atoms with Gasteiger partial charge in [-0.25, -0.2) is 4.79 Å². The normalized spacial score (nSPS) is 17.9. The summed E-state index contributed by atoms with van der Waals surface area (Å²) in [5, 5.41) is 13.6. The molecule has 0 saturated heterocycles. The van der Waals surface area contributed by atoms with Gasteiger partial charge >= 0.3 is 11.9 Å². The number of nitriles is 1. The van der Waals surface area contributed by atoms with E-state index in [0.29, 0.717) is 26.9 Å². The smallest absolute Gasteiger partial charge is 0.337 e. The largest absolute Gasteiger partial charge is 0.468 e. The predicted molar refractivity (Wildman–Crippen MR) is 120 cm³/mol. The van der Waals surface area contributed by atoms with Crippen molar-refractivity contribution in [2.45, 2.75) is 11.7 Å². The number of carbonyl (C=O) groups excluding carboxylic acids is 3. The van der Waals surface area contributed by atoms with Gasteiger partial charge in [0.2, 0.25) is 5.91 Å². The molecular formula is C23H19ClN2O5S. The summed E-state index contributed by atoms with van der Waals surface area (Å²) in [6.45, 7) is 0. The van der Waals surface area contributed by atoms with Crippen molar-refractivity contribution < 1.29 is 23.9 Å². The summed E-state index contributed by atoms with van der Waals surface area (Å²) >= 11 is 7.20. The molecule has 1 aliphatic rings. The summed E-state index contributed by atoms with van der Waals surface area (Å²) in [7, 11) is 2.46. The molecule has 0 bridgehead atoms. The van der Waals surface area contributed by atoms with E-state index in [4.69, 9.17) is 21.1 Å². The lowest BCUT2D eigenvalue weighted by molar-refractivity contribution is -0.150. The van der Waals surface area contributed by atoms with E-state index >= 15 is 0 Å². The van der Waals surface area contributed by atoms with Crippen molar-refractivity contribution in [3.05, 3.63) is 80.8 Å². The number of ether oxygens (including phenoxy) is 2. The first-order valence-corrected chi connectivity index (χ1v) is 10.8. The predicted octanol–water partition coefficient (Wildman–Crippen LogP) is 3.80. The number of nitrogens with zero attached hydrogens (tertiary/aromatic N) is 1. The van der Waals surface area contributed by atoms with Crippen LogP contribution < -0.4 is 5.32 Å². The van der Waals surface area contributed by atoms with Crippen LogP contribution in [0, 0.1) is 17.2 Å². The fraction of sp³-hybridized carbons (Fsp3) is 0.217. The van der Waals surface area contributed by atoms with Crippen LogP contribution in [0.4, 0.5) is 0 Å². The molecule has 2 aromatic carbocycles. The van der Waals surface area contributed by atoms with Crippen molar-refractivity contribution in [1.82, 2.24) is 5.32 Å². The summed E-state index contributed by atoms with van der Waals surface area (Å²) in [4.78, 5) is 37.1. The SMILES string of the molecule is COC(=O)c1ccc([C@@H]2C(C#N)=C(SCc3ccc(Cl)cc3)NC(=O)[C@@H]2C(=O)OC)cc1. The number of allylic oxidation sites excluding steroid dienone is 1. The van der Waals surface area contributed by atoms with E-state index < -0.39 is 29.7 Å². The van der Waals surface area contributed by atoms with Crippen molar-refractivity contribution in [2.24, 2.45) is 5.92 Å². The Kier molecular flexibility index (Phi) is 7.57. The molecule has 1 heterocycles. The van der Waals surface area contributed by atoms with Crippen LogP contribution in [0.25, 0.3) is 0 Å². The van der Waals surface area contributed by atoms with Gasteiger partial charge in [-0.3, -0.25) is 9.59 Å². The van der Waals surface area contributed by atoms with Crippen LogP contribution in [0.3, 0.4) is 0 Å². The maximum Gasteiger partial charge on any atom is 0.337 e. The first-order chi connectivity index (χ1) is 15.4. The van der Waals surface area contributed by atoms with Gasteiger partial charge < -0.3 is 14.8 Å². The number of carbonyl (C=O) groups is 3. The summed E-state index contributed by atoms with van der Waals surface area (Å²) in [6, 6.07) is 15.6. The number of thioether (sulfide) groups is 1. The Bertz CT molecular complexity index is 1110. The van der Waals surface area contributed by atoms with Crippen molar-refractivity contribution in [2.75, 3.05) is 14.2 Å². The average molecular weight is 471 g/mol. The standard InChI is InChI=1S/C23H19ClN2O5S/c1-30-22(28)15-7-5-14(6-8-15)18-17(11-25)21(26-20(27)19(18)23(29)31-2)32-12-13-3-9-16(24)10-4-13/h3-10,18-19H,12H2,1-2H3,(H,26,27)/t18-,19-/m1/s1. The summed E-state index contributed by atoms with van der Waals surface area (Å²) in [5.41, 5.74) is 2.03. The molecule has 1 amide bonds. The quantitative estimate of drug-likeness (QED) is 0.505. The molecule has 1 N–H and O–H groups in total. The van der Waals surface area contributed by atoms with Crippen LogP contribution in [0.15, 0.2) is 59.1 Å². The maximum absolute atomic E-state index is 12.9. The third-order valence-corrected chi connectivity index (χ3v) is 6.31. The van der Waals surface area contributed by atoms with Crippen LogP contribution in [-0.2, 0) is 24.8 Å². The first-order valence-electron chi connectivity index (χ1n) is 9.48. The van der Waals surface area contributed by atoms with Gasteiger partial charge in [0.05, 0.1) is 36.5 Å². The zero-order valence-electron chi connectivity index (χ0n) is 17.3. The van der Waals surface area contributed by atoms with Gasteiger partial charge in [-0.2, -0.15) is 5.26 Å². The summed E-state index contributed by atoms with van der Waals surface area (Å²) in [5.74, 6) is -3.44. The van der Waals surface area contributed by atoms with Crippen molar-refractivity contribution in [3.8, 4) is 6.07 Å². The number of rotatable bonds is 6. The molecule has 164 valence electrons. The van der Waals surface area contributed by atoms with Gasteiger partial charge in [0.1, 0.15) is 5.92 Å².